The molecule has 0 saturated heterocycles. The molecule has 1 unspecified atom stereocenters. The minimum atomic E-state index is -0.722. The van der Waals surface area contributed by atoms with Crippen LogP contribution in [-0.4, -0.2) is 56.3 Å². The number of rotatable bonds is 12. The average Bonchev–Trinajstić information content (AvgIpc) is 3.16. The summed E-state index contributed by atoms with van der Waals surface area (Å²) in [5.41, 5.74) is 9.54. The summed E-state index contributed by atoms with van der Waals surface area (Å²) in [5, 5.41) is 0. The van der Waals surface area contributed by atoms with E-state index < -0.39 is 30.1 Å². The Kier molecular flexibility index (Phi) is 12.6. The summed E-state index contributed by atoms with van der Waals surface area (Å²) in [7, 11) is -2.16. The van der Waals surface area contributed by atoms with Gasteiger partial charge in [0.05, 0.1) is 0 Å². The summed E-state index contributed by atoms with van der Waals surface area (Å²) in [4.78, 5) is 6.70. The molecule has 286 valence electrons. The van der Waals surface area contributed by atoms with E-state index in [0.29, 0.717) is 5.92 Å². The van der Waals surface area contributed by atoms with E-state index in [9.17, 15) is 0 Å². The number of hydrogen-bond acceptors (Lipinski definition) is 1. The molecule has 0 spiro atoms. The smallest absolute Gasteiger partial charge is 0.0461 e. The minimum absolute atomic E-state index is 0.358. The third kappa shape index (κ3) is 11.1. The van der Waals surface area contributed by atoms with Gasteiger partial charge >= 0.3 is 0 Å². The molecule has 0 saturated carbocycles. The first-order valence-electron chi connectivity index (χ1n) is 18.9. The van der Waals surface area contributed by atoms with Gasteiger partial charge in [-0.1, -0.05) is 109 Å². The van der Waals surface area contributed by atoms with Crippen LogP contribution in [0.15, 0.2) is 166 Å². The molecule has 5 aromatic rings. The Morgan fingerprint density at radius 1 is 0.418 bits per heavy atom. The number of hydrogen-bond donors (Lipinski definition) is 0. The van der Waals surface area contributed by atoms with Crippen molar-refractivity contribution >= 4 is 71.8 Å². The molecule has 55 heavy (non-hydrogen) atoms. The summed E-state index contributed by atoms with van der Waals surface area (Å²) >= 11 is 0. The van der Waals surface area contributed by atoms with Crippen LogP contribution < -0.4 is 4.90 Å². The lowest BCUT2D eigenvalue weighted by Crippen LogP contribution is -2.17. The first kappa shape index (κ1) is 40.3. The second kappa shape index (κ2) is 17.2. The van der Waals surface area contributed by atoms with Crippen molar-refractivity contribution in [2.24, 2.45) is 5.92 Å². The monoisotopic (exact) mass is 781 g/mol. The Hall–Kier alpha value is -4.35. The molecule has 0 aliphatic heterocycles. The zero-order chi connectivity index (χ0) is 39.2. The number of nitrogens with zero attached hydrogens (tertiary/aromatic N) is 1. The van der Waals surface area contributed by atoms with Crippen LogP contribution in [0.4, 0.5) is 11.4 Å². The van der Waals surface area contributed by atoms with Crippen molar-refractivity contribution in [1.82, 2.24) is 0 Å². The fourth-order valence-corrected chi connectivity index (χ4v) is 9.29. The predicted molar refractivity (Wildman–Crippen MR) is 257 cm³/mol. The number of benzene rings is 5. The molecule has 0 N–H and O–H groups in total. The van der Waals surface area contributed by atoms with Crippen molar-refractivity contribution in [3.05, 3.63) is 179 Å². The van der Waals surface area contributed by atoms with E-state index in [1.165, 1.54) is 48.2 Å². The molecule has 0 radical (unpaired) electrons. The molecule has 0 bridgehead atoms. The molecule has 4 heteroatoms. The molecule has 5 aromatic carbocycles. The van der Waals surface area contributed by atoms with Gasteiger partial charge in [0.2, 0.25) is 0 Å². The Bertz CT molecular complexity index is 2070. The predicted octanol–water partition coefficient (Wildman–Crippen LogP) is 14.5. The Labute approximate surface area is 337 Å². The summed E-state index contributed by atoms with van der Waals surface area (Å²) in [6.45, 7) is 0. The van der Waals surface area contributed by atoms with Crippen molar-refractivity contribution in [1.29, 1.82) is 0 Å². The maximum atomic E-state index is 2.38. The van der Waals surface area contributed by atoms with Gasteiger partial charge in [0.15, 0.2) is 0 Å². The van der Waals surface area contributed by atoms with Gasteiger partial charge in [-0.2, -0.15) is 0 Å². The van der Waals surface area contributed by atoms with Gasteiger partial charge in [-0.3, -0.25) is 0 Å². The number of allylic oxidation sites excluding steroid dienone is 4. The van der Waals surface area contributed by atoms with Crippen LogP contribution in [0.5, 0.6) is 0 Å². The van der Waals surface area contributed by atoms with Gasteiger partial charge < -0.3 is 4.90 Å². The summed E-state index contributed by atoms with van der Waals surface area (Å²) in [6, 6.07) is 45.0. The zero-order valence-corrected chi connectivity index (χ0v) is 36.6. The Morgan fingerprint density at radius 3 is 1.02 bits per heavy atom. The lowest BCUT2D eigenvalue weighted by Gasteiger charge is -2.29. The molecule has 0 amide bonds. The van der Waals surface area contributed by atoms with Crippen LogP contribution in [0.2, 0.25) is 0 Å². The second-order valence-electron chi connectivity index (χ2n) is 16.7. The highest BCUT2D eigenvalue weighted by molar-refractivity contribution is 8.32. The highest BCUT2D eigenvalue weighted by atomic mass is 32.3. The van der Waals surface area contributed by atoms with Gasteiger partial charge in [-0.25, -0.2) is 30.1 Å². The normalized spacial score (nSPS) is 16.2. The van der Waals surface area contributed by atoms with Crippen LogP contribution in [0.1, 0.15) is 34.2 Å². The first-order valence-corrected chi connectivity index (χ1v) is 27.5. The molecular weight excluding hydrogens is 723 g/mol. The lowest BCUT2D eigenvalue weighted by molar-refractivity contribution is 0.813. The van der Waals surface area contributed by atoms with Crippen molar-refractivity contribution in [3.8, 4) is 0 Å². The third-order valence-corrected chi connectivity index (χ3v) is 15.0. The van der Waals surface area contributed by atoms with Crippen LogP contribution in [0, 0.1) is 5.92 Å². The van der Waals surface area contributed by atoms with Crippen molar-refractivity contribution in [3.63, 3.8) is 0 Å². The van der Waals surface area contributed by atoms with E-state index in [4.69, 9.17) is 0 Å². The van der Waals surface area contributed by atoms with E-state index in [0.717, 1.165) is 17.8 Å². The SMILES string of the molecule is CS(C)(C)c1ccc(/C=C/c2ccc(N(C3=CCC(/C=C/c4ccc(S(C)(C)C)cc4)C=C3)c3ccc(/C=C/c4ccc(S(C)(C)C)cc4)cc3)cc2)cc1. The van der Waals surface area contributed by atoms with Gasteiger partial charge in [-0.15, -0.1) is 0 Å². The molecule has 1 aliphatic rings. The van der Waals surface area contributed by atoms with E-state index in [1.807, 2.05) is 0 Å². The Balaban J connectivity index is 1.21. The van der Waals surface area contributed by atoms with E-state index >= 15 is 0 Å². The van der Waals surface area contributed by atoms with Gasteiger partial charge in [0, 0.05) is 17.1 Å². The highest BCUT2D eigenvalue weighted by Gasteiger charge is 2.17. The van der Waals surface area contributed by atoms with Gasteiger partial charge in [0.25, 0.3) is 0 Å². The van der Waals surface area contributed by atoms with E-state index in [1.54, 1.807) is 0 Å². The van der Waals surface area contributed by atoms with Crippen LogP contribution in [0.25, 0.3) is 30.4 Å². The fraction of sp³-hybridized carbons (Fsp3) is 0.216. The molecule has 0 aromatic heterocycles. The van der Waals surface area contributed by atoms with Crippen LogP contribution in [-0.2, 0) is 0 Å². The minimum Gasteiger partial charge on any atom is -0.311 e. The molecule has 1 atom stereocenters. The quantitative estimate of drug-likeness (QED) is 0.114. The first-order chi connectivity index (χ1) is 26.1. The van der Waals surface area contributed by atoms with Crippen LogP contribution >= 0.6 is 30.1 Å². The van der Waals surface area contributed by atoms with Crippen LogP contribution in [0.3, 0.4) is 0 Å². The van der Waals surface area contributed by atoms with Crippen molar-refractivity contribution in [2.75, 3.05) is 61.2 Å². The molecule has 6 rings (SSSR count). The number of anilines is 2. The molecule has 1 nitrogen and oxygen atoms in total. The maximum absolute atomic E-state index is 2.38. The summed E-state index contributed by atoms with van der Waals surface area (Å²) in [5.74, 6) is 0.358. The van der Waals surface area contributed by atoms with Crippen molar-refractivity contribution in [2.45, 2.75) is 21.1 Å². The Morgan fingerprint density at radius 2 is 0.727 bits per heavy atom. The molecular formula is C51H59NS3. The maximum Gasteiger partial charge on any atom is 0.0461 e. The highest BCUT2D eigenvalue weighted by Crippen LogP contribution is 2.46. The molecule has 0 heterocycles. The fourth-order valence-electron chi connectivity index (χ4n) is 6.43. The summed E-state index contributed by atoms with van der Waals surface area (Å²) < 4.78 is 0. The molecule has 1 aliphatic carbocycles. The molecule has 0 fully saturated rings. The van der Waals surface area contributed by atoms with E-state index in [-0.39, 0.29) is 0 Å². The van der Waals surface area contributed by atoms with Crippen molar-refractivity contribution < 1.29 is 0 Å². The standard InChI is InChI=1S/C51H59NS3/c1-53(2,3)49-34-22-43(23-35-49)13-10-40-16-28-46(29-17-40)52(47-30-18-41(19-31-47)11-14-44-24-36-50(37-25-44)54(4,5)6)48-32-20-42(21-33-48)12-15-45-26-38-51(39-27-45)55(7,8)9/h10-20,22-39,42H,21H2,1-9H3/b13-10+,14-11+,15-12+. The summed E-state index contributed by atoms with van der Waals surface area (Å²) in [6.07, 6.45) is 42.5. The van der Waals surface area contributed by atoms with Gasteiger partial charge in [0.1, 0.15) is 0 Å². The van der Waals surface area contributed by atoms with E-state index in [2.05, 4.69) is 237 Å². The van der Waals surface area contributed by atoms with Gasteiger partial charge in [-0.05, 0) is 178 Å². The topological polar surface area (TPSA) is 3.24 Å². The zero-order valence-electron chi connectivity index (χ0n) is 34.2. The lowest BCUT2D eigenvalue weighted by atomic mass is 9.97. The third-order valence-electron chi connectivity index (χ3n) is 9.91. The average molecular weight is 782 g/mol. The second-order valence-corrected chi connectivity index (χ2v) is 29.1. The largest absolute Gasteiger partial charge is 0.311 e.